The number of hydrogen-bond donors (Lipinski definition) is 1. The van der Waals surface area contributed by atoms with Crippen LogP contribution in [-0.2, 0) is 25.7 Å². The highest BCUT2D eigenvalue weighted by molar-refractivity contribution is 6.30. The number of hydrogen-bond acceptors (Lipinski definition) is 4. The molecule has 0 aromatic heterocycles. The van der Waals surface area contributed by atoms with Gasteiger partial charge in [0.1, 0.15) is 6.04 Å². The van der Waals surface area contributed by atoms with E-state index in [-0.39, 0.29) is 61.0 Å². The first-order chi connectivity index (χ1) is 16.8. The van der Waals surface area contributed by atoms with Gasteiger partial charge in [-0.2, -0.15) is 0 Å². The van der Waals surface area contributed by atoms with Crippen LogP contribution in [0.3, 0.4) is 0 Å². The van der Waals surface area contributed by atoms with Crippen molar-refractivity contribution in [2.24, 2.45) is 11.8 Å². The van der Waals surface area contributed by atoms with Crippen molar-refractivity contribution in [3.8, 4) is 0 Å². The van der Waals surface area contributed by atoms with Gasteiger partial charge in [-0.1, -0.05) is 55.1 Å². The number of carbonyl (C=O) groups is 4. The van der Waals surface area contributed by atoms with Crippen LogP contribution in [-0.4, -0.2) is 52.1 Å². The van der Waals surface area contributed by atoms with Crippen LogP contribution < -0.4 is 5.32 Å². The SMILES string of the molecule is CC(C(=O)NC1CCCCC1)N(Cc1ccc(Cl)cc1)C(=O)CCN1C(=O)[C@H]2CC=CC[C@H]2C1=O. The number of fused-ring (bicyclic) bond motifs is 1. The van der Waals surface area contributed by atoms with Crippen molar-refractivity contribution in [3.63, 3.8) is 0 Å². The highest BCUT2D eigenvalue weighted by Crippen LogP contribution is 2.35. The topological polar surface area (TPSA) is 86.8 Å². The van der Waals surface area contributed by atoms with Gasteiger partial charge in [-0.15, -0.1) is 0 Å². The summed E-state index contributed by atoms with van der Waals surface area (Å²) in [5.41, 5.74) is 0.852. The van der Waals surface area contributed by atoms with E-state index in [1.54, 1.807) is 24.0 Å². The van der Waals surface area contributed by atoms with Gasteiger partial charge >= 0.3 is 0 Å². The lowest BCUT2D eigenvalue weighted by molar-refractivity contribution is -0.144. The third kappa shape index (κ3) is 5.95. The molecule has 3 aliphatic rings. The van der Waals surface area contributed by atoms with E-state index in [0.29, 0.717) is 17.9 Å². The van der Waals surface area contributed by atoms with Crippen LogP contribution in [0.2, 0.25) is 5.02 Å². The Morgan fingerprint density at radius 2 is 1.63 bits per heavy atom. The monoisotopic (exact) mass is 499 g/mol. The van der Waals surface area contributed by atoms with Crippen LogP contribution in [0.15, 0.2) is 36.4 Å². The minimum Gasteiger partial charge on any atom is -0.352 e. The highest BCUT2D eigenvalue weighted by Gasteiger charge is 2.47. The average Bonchev–Trinajstić information content (AvgIpc) is 3.11. The predicted molar refractivity (Wildman–Crippen MR) is 133 cm³/mol. The second-order valence-electron chi connectivity index (χ2n) is 9.90. The zero-order valence-corrected chi connectivity index (χ0v) is 21.0. The molecule has 2 fully saturated rings. The van der Waals surface area contributed by atoms with Gasteiger partial charge in [0.05, 0.1) is 11.8 Å². The van der Waals surface area contributed by atoms with Gasteiger partial charge in [0.25, 0.3) is 0 Å². The molecule has 8 heteroatoms. The molecule has 1 aliphatic heterocycles. The second-order valence-corrected chi connectivity index (χ2v) is 10.3. The lowest BCUT2D eigenvalue weighted by Gasteiger charge is -2.31. The molecule has 0 radical (unpaired) electrons. The molecule has 1 aromatic rings. The lowest BCUT2D eigenvalue weighted by Crippen LogP contribution is -2.51. The van der Waals surface area contributed by atoms with Gasteiger partial charge in [-0.3, -0.25) is 24.1 Å². The standard InChI is InChI=1S/C27H34ClN3O4/c1-18(25(33)29-21-7-3-2-4-8-21)31(17-19-11-13-20(28)14-12-19)24(32)15-16-30-26(34)22-9-5-6-10-23(22)27(30)35/h5-6,11-14,18,21-23H,2-4,7-10,15-17H2,1H3,(H,29,33)/t18?,22-,23+. The van der Waals surface area contributed by atoms with E-state index < -0.39 is 6.04 Å². The third-order valence-electron chi connectivity index (χ3n) is 7.53. The number of imide groups is 1. The number of amides is 4. The molecule has 188 valence electrons. The fraction of sp³-hybridized carbons (Fsp3) is 0.556. The van der Waals surface area contributed by atoms with Crippen LogP contribution in [0.25, 0.3) is 0 Å². The maximum atomic E-state index is 13.4. The van der Waals surface area contributed by atoms with Gasteiger partial charge in [0.2, 0.25) is 23.6 Å². The summed E-state index contributed by atoms with van der Waals surface area (Å²) in [5.74, 6) is -1.45. The number of carbonyl (C=O) groups excluding carboxylic acids is 4. The quantitative estimate of drug-likeness (QED) is 0.435. The van der Waals surface area contributed by atoms with Crippen molar-refractivity contribution in [2.75, 3.05) is 6.54 Å². The molecule has 1 saturated heterocycles. The summed E-state index contributed by atoms with van der Waals surface area (Å²) in [6.45, 7) is 2.02. The summed E-state index contributed by atoms with van der Waals surface area (Å²) in [6.07, 6.45) is 10.3. The first-order valence-corrected chi connectivity index (χ1v) is 13.1. The Balaban J connectivity index is 1.44. The molecule has 1 heterocycles. The fourth-order valence-corrected chi connectivity index (χ4v) is 5.50. The van der Waals surface area contributed by atoms with E-state index in [2.05, 4.69) is 5.32 Å². The molecular formula is C27H34ClN3O4. The van der Waals surface area contributed by atoms with Crippen LogP contribution in [0.4, 0.5) is 0 Å². The Morgan fingerprint density at radius 3 is 2.23 bits per heavy atom. The third-order valence-corrected chi connectivity index (χ3v) is 7.79. The highest BCUT2D eigenvalue weighted by atomic mass is 35.5. The first kappa shape index (κ1) is 25.4. The molecule has 1 unspecified atom stereocenters. The molecule has 0 spiro atoms. The maximum absolute atomic E-state index is 13.4. The van der Waals surface area contributed by atoms with Crippen molar-refractivity contribution in [3.05, 3.63) is 47.0 Å². The van der Waals surface area contributed by atoms with Crippen molar-refractivity contribution in [1.82, 2.24) is 15.1 Å². The van der Waals surface area contributed by atoms with Crippen LogP contribution in [0.5, 0.6) is 0 Å². The number of nitrogens with zero attached hydrogens (tertiary/aromatic N) is 2. The van der Waals surface area contributed by atoms with E-state index >= 15 is 0 Å². The Hall–Kier alpha value is -2.67. The Kier molecular flexibility index (Phi) is 8.26. The van der Waals surface area contributed by atoms with Gasteiger partial charge in [0, 0.05) is 30.6 Å². The zero-order chi connectivity index (χ0) is 24.9. The molecule has 35 heavy (non-hydrogen) atoms. The van der Waals surface area contributed by atoms with Gasteiger partial charge in [-0.25, -0.2) is 0 Å². The van der Waals surface area contributed by atoms with Gasteiger partial charge in [0.15, 0.2) is 0 Å². The summed E-state index contributed by atoms with van der Waals surface area (Å²) in [7, 11) is 0. The molecule has 4 amide bonds. The molecule has 3 atom stereocenters. The number of halogens is 1. The molecular weight excluding hydrogens is 466 g/mol. The number of allylic oxidation sites excluding steroid dienone is 2. The van der Waals surface area contributed by atoms with Gasteiger partial charge < -0.3 is 10.2 Å². The van der Waals surface area contributed by atoms with E-state index in [0.717, 1.165) is 31.2 Å². The Morgan fingerprint density at radius 1 is 1.03 bits per heavy atom. The number of rotatable bonds is 8. The van der Waals surface area contributed by atoms with Crippen LogP contribution in [0, 0.1) is 11.8 Å². The maximum Gasteiger partial charge on any atom is 0.242 e. The Labute approximate surface area is 211 Å². The van der Waals surface area contributed by atoms with Crippen LogP contribution >= 0.6 is 11.6 Å². The molecule has 0 bridgehead atoms. The molecule has 2 aliphatic carbocycles. The summed E-state index contributed by atoms with van der Waals surface area (Å²) in [6, 6.07) is 6.63. The minimum absolute atomic E-state index is 0.0149. The molecule has 1 saturated carbocycles. The molecule has 4 rings (SSSR count). The average molecular weight is 500 g/mol. The normalized spacial score (nSPS) is 23.2. The largest absolute Gasteiger partial charge is 0.352 e. The second kappa shape index (κ2) is 11.4. The predicted octanol–water partition coefficient (Wildman–Crippen LogP) is 3.85. The van der Waals surface area contributed by atoms with E-state index in [1.807, 2.05) is 24.3 Å². The van der Waals surface area contributed by atoms with Crippen molar-refractivity contribution in [2.45, 2.75) is 76.9 Å². The minimum atomic E-state index is -0.683. The number of benzene rings is 1. The number of nitrogens with one attached hydrogen (secondary N) is 1. The van der Waals surface area contributed by atoms with Crippen molar-refractivity contribution >= 4 is 35.2 Å². The summed E-state index contributed by atoms with van der Waals surface area (Å²) in [5, 5.41) is 3.71. The van der Waals surface area contributed by atoms with Crippen molar-refractivity contribution in [1.29, 1.82) is 0 Å². The summed E-state index contributed by atoms with van der Waals surface area (Å²) in [4.78, 5) is 54.8. The summed E-state index contributed by atoms with van der Waals surface area (Å²) < 4.78 is 0. The molecule has 1 N–H and O–H groups in total. The number of likely N-dealkylation sites (tertiary alicyclic amines) is 1. The molecule has 7 nitrogen and oxygen atoms in total. The van der Waals surface area contributed by atoms with E-state index in [4.69, 9.17) is 11.6 Å². The molecule has 1 aromatic carbocycles. The summed E-state index contributed by atoms with van der Waals surface area (Å²) >= 11 is 6.02. The smallest absolute Gasteiger partial charge is 0.242 e. The zero-order valence-electron chi connectivity index (χ0n) is 20.2. The fourth-order valence-electron chi connectivity index (χ4n) is 5.38. The van der Waals surface area contributed by atoms with E-state index in [1.165, 1.54) is 11.3 Å². The van der Waals surface area contributed by atoms with Crippen molar-refractivity contribution < 1.29 is 19.2 Å². The van der Waals surface area contributed by atoms with Crippen LogP contribution in [0.1, 0.15) is 63.9 Å². The first-order valence-electron chi connectivity index (χ1n) is 12.7. The lowest BCUT2D eigenvalue weighted by atomic mass is 9.85. The van der Waals surface area contributed by atoms with E-state index in [9.17, 15) is 19.2 Å². The Bertz CT molecular complexity index is 961. The van der Waals surface area contributed by atoms with Gasteiger partial charge in [-0.05, 0) is 50.3 Å².